The van der Waals surface area contributed by atoms with Gasteiger partial charge in [-0.05, 0) is 62.7 Å². The van der Waals surface area contributed by atoms with Gasteiger partial charge in [-0.1, -0.05) is 17.7 Å². The van der Waals surface area contributed by atoms with Gasteiger partial charge in [0.25, 0.3) is 12.9 Å². The smallest absolute Gasteiger partial charge is 0.283 e. The van der Waals surface area contributed by atoms with Crippen LogP contribution in [0.15, 0.2) is 42.5 Å². The number of benzene rings is 2. The van der Waals surface area contributed by atoms with Crippen LogP contribution < -0.4 is 19.5 Å². The van der Waals surface area contributed by atoms with Crippen molar-refractivity contribution in [2.24, 2.45) is 0 Å². The zero-order valence-corrected chi connectivity index (χ0v) is 21.1. The van der Waals surface area contributed by atoms with Gasteiger partial charge in [-0.3, -0.25) is 4.79 Å². The van der Waals surface area contributed by atoms with E-state index in [0.29, 0.717) is 40.8 Å². The van der Waals surface area contributed by atoms with Crippen molar-refractivity contribution in [1.29, 1.82) is 0 Å². The minimum atomic E-state index is -3.20. The lowest BCUT2D eigenvalue weighted by atomic mass is 10.2. The summed E-state index contributed by atoms with van der Waals surface area (Å²) in [6.07, 6.45) is -6.36. The number of aromatic nitrogens is 2. The van der Waals surface area contributed by atoms with E-state index in [2.05, 4.69) is 10.4 Å². The van der Waals surface area contributed by atoms with E-state index >= 15 is 0 Å². The number of rotatable bonds is 12. The molecular weight excluding hydrogens is 518 g/mol. The fraction of sp³-hybridized carbons (Fsp3) is 0.360. The lowest BCUT2D eigenvalue weighted by Crippen LogP contribution is -2.26. The maximum atomic E-state index is 13.4. The van der Waals surface area contributed by atoms with E-state index in [1.54, 1.807) is 24.3 Å². The van der Waals surface area contributed by atoms with E-state index in [0.717, 1.165) is 5.56 Å². The minimum absolute atomic E-state index is 0.248. The third-order valence-electron chi connectivity index (χ3n) is 5.21. The number of amides is 1. The number of anilines is 1. The molecule has 3 aromatic rings. The number of hydrogen-bond acceptors (Lipinski definition) is 5. The summed E-state index contributed by atoms with van der Waals surface area (Å²) >= 11 is 5.66. The van der Waals surface area contributed by atoms with Crippen LogP contribution in [0.2, 0.25) is 5.02 Å². The average molecular weight is 544 g/mol. The van der Waals surface area contributed by atoms with Gasteiger partial charge in [0.1, 0.15) is 29.8 Å². The number of nitrogens with one attached hydrogen (secondary N) is 1. The van der Waals surface area contributed by atoms with E-state index in [9.17, 15) is 22.4 Å². The molecule has 0 bridgehead atoms. The van der Waals surface area contributed by atoms with Crippen LogP contribution in [-0.4, -0.2) is 28.9 Å². The number of alkyl halides is 4. The number of halogens is 5. The molecule has 0 saturated carbocycles. The van der Waals surface area contributed by atoms with Gasteiger partial charge >= 0.3 is 0 Å². The molecule has 37 heavy (non-hydrogen) atoms. The highest BCUT2D eigenvalue weighted by Crippen LogP contribution is 2.36. The average Bonchev–Trinajstić information content (AvgIpc) is 3.22. The first-order valence-electron chi connectivity index (χ1n) is 11.4. The Bertz CT molecular complexity index is 1210. The predicted molar refractivity (Wildman–Crippen MR) is 130 cm³/mol. The van der Waals surface area contributed by atoms with Gasteiger partial charge in [0.2, 0.25) is 5.91 Å². The quantitative estimate of drug-likeness (QED) is 0.249. The van der Waals surface area contributed by atoms with Crippen LogP contribution in [0.25, 0.3) is 0 Å². The SMILES string of the molecule is CCOc1ccc(COc2ccc(NC(=O)C(C)n3nc(C(F)F)c(Cl)c3C(F)F)cc2)cc1OCC. The first-order valence-corrected chi connectivity index (χ1v) is 11.8. The van der Waals surface area contributed by atoms with Crippen LogP contribution in [0.4, 0.5) is 23.2 Å². The molecule has 1 unspecified atom stereocenters. The van der Waals surface area contributed by atoms with Crippen LogP contribution in [0.1, 0.15) is 56.6 Å². The van der Waals surface area contributed by atoms with Crippen molar-refractivity contribution in [2.45, 2.75) is 46.3 Å². The summed E-state index contributed by atoms with van der Waals surface area (Å²) in [5, 5.41) is 5.14. The first-order chi connectivity index (χ1) is 17.7. The van der Waals surface area contributed by atoms with Crippen LogP contribution in [0.5, 0.6) is 17.2 Å². The molecule has 0 radical (unpaired) electrons. The molecule has 7 nitrogen and oxygen atoms in total. The zero-order chi connectivity index (χ0) is 27.1. The van der Waals surface area contributed by atoms with Crippen molar-refractivity contribution in [3.8, 4) is 17.2 Å². The second-order valence-corrected chi connectivity index (χ2v) is 8.13. The molecule has 0 fully saturated rings. The molecule has 0 aliphatic heterocycles. The minimum Gasteiger partial charge on any atom is -0.490 e. The third-order valence-corrected chi connectivity index (χ3v) is 5.59. The zero-order valence-electron chi connectivity index (χ0n) is 20.3. The Kier molecular flexibility index (Phi) is 9.62. The van der Waals surface area contributed by atoms with Crippen molar-refractivity contribution in [3.63, 3.8) is 0 Å². The maximum absolute atomic E-state index is 13.4. The van der Waals surface area contributed by atoms with Crippen LogP contribution >= 0.6 is 11.6 Å². The Morgan fingerprint density at radius 2 is 1.62 bits per heavy atom. The molecule has 1 amide bonds. The Morgan fingerprint density at radius 1 is 0.973 bits per heavy atom. The fourth-order valence-electron chi connectivity index (χ4n) is 3.42. The lowest BCUT2D eigenvalue weighted by molar-refractivity contribution is -0.119. The summed E-state index contributed by atoms with van der Waals surface area (Å²) in [4.78, 5) is 12.6. The highest BCUT2D eigenvalue weighted by molar-refractivity contribution is 6.32. The summed E-state index contributed by atoms with van der Waals surface area (Å²) in [5.74, 6) is 1.03. The second kappa shape index (κ2) is 12.7. The van der Waals surface area contributed by atoms with Crippen molar-refractivity contribution >= 4 is 23.2 Å². The molecule has 12 heteroatoms. The molecule has 200 valence electrons. The van der Waals surface area contributed by atoms with E-state index in [4.69, 9.17) is 25.8 Å². The summed E-state index contributed by atoms with van der Waals surface area (Å²) < 4.78 is 70.5. The van der Waals surface area contributed by atoms with Gasteiger partial charge in [0.05, 0.1) is 18.2 Å². The molecule has 0 aliphatic rings. The molecule has 1 heterocycles. The number of nitrogens with zero attached hydrogens (tertiary/aromatic N) is 2. The summed E-state index contributed by atoms with van der Waals surface area (Å²) in [6, 6.07) is 10.5. The first kappa shape index (κ1) is 28.1. The highest BCUT2D eigenvalue weighted by Gasteiger charge is 2.31. The van der Waals surface area contributed by atoms with E-state index in [1.807, 2.05) is 32.0 Å². The fourth-order valence-corrected chi connectivity index (χ4v) is 3.71. The van der Waals surface area contributed by atoms with E-state index < -0.39 is 41.2 Å². The lowest BCUT2D eigenvalue weighted by Gasteiger charge is -2.16. The molecule has 1 N–H and O–H groups in total. The van der Waals surface area contributed by atoms with Gasteiger partial charge < -0.3 is 19.5 Å². The van der Waals surface area contributed by atoms with Crippen LogP contribution in [0, 0.1) is 0 Å². The summed E-state index contributed by atoms with van der Waals surface area (Å²) in [6.45, 7) is 6.26. The van der Waals surface area contributed by atoms with Gasteiger partial charge in [0.15, 0.2) is 11.5 Å². The molecule has 0 aliphatic carbocycles. The molecule has 2 aromatic carbocycles. The third kappa shape index (κ3) is 6.85. The Morgan fingerprint density at radius 3 is 2.22 bits per heavy atom. The van der Waals surface area contributed by atoms with Gasteiger partial charge in [-0.2, -0.15) is 5.10 Å². The van der Waals surface area contributed by atoms with E-state index in [1.165, 1.54) is 6.92 Å². The second-order valence-electron chi connectivity index (χ2n) is 7.76. The maximum Gasteiger partial charge on any atom is 0.283 e. The largest absolute Gasteiger partial charge is 0.490 e. The monoisotopic (exact) mass is 543 g/mol. The topological polar surface area (TPSA) is 74.6 Å². The van der Waals surface area contributed by atoms with Crippen molar-refractivity contribution in [2.75, 3.05) is 18.5 Å². The Balaban J connectivity index is 1.65. The number of hydrogen-bond donors (Lipinski definition) is 1. The molecule has 1 aromatic heterocycles. The molecule has 1 atom stereocenters. The van der Waals surface area contributed by atoms with Gasteiger partial charge in [0, 0.05) is 5.69 Å². The molecule has 3 rings (SSSR count). The van der Waals surface area contributed by atoms with Crippen molar-refractivity contribution in [1.82, 2.24) is 9.78 Å². The van der Waals surface area contributed by atoms with Gasteiger partial charge in [-0.15, -0.1) is 0 Å². The Labute approximate surface area is 216 Å². The number of carbonyl (C=O) groups excluding carboxylic acids is 1. The highest BCUT2D eigenvalue weighted by atomic mass is 35.5. The normalized spacial score (nSPS) is 12.1. The summed E-state index contributed by atoms with van der Waals surface area (Å²) in [7, 11) is 0. The van der Waals surface area contributed by atoms with Crippen LogP contribution in [-0.2, 0) is 11.4 Å². The number of ether oxygens (including phenoxy) is 3. The van der Waals surface area contributed by atoms with E-state index in [-0.39, 0.29) is 6.61 Å². The standard InChI is InChI=1S/C25H26ClF4N3O4/c1-4-35-18-11-6-15(12-19(18)36-5-2)13-37-17-9-7-16(8-10-17)31-25(34)14(3)33-22(24(29)30)20(26)21(32-33)23(27)28/h6-12,14,23-24H,4-5,13H2,1-3H3,(H,31,34). The number of carbonyl (C=O) groups is 1. The summed E-state index contributed by atoms with van der Waals surface area (Å²) in [5.41, 5.74) is -0.743. The Hall–Kier alpha value is -3.47. The van der Waals surface area contributed by atoms with Gasteiger partial charge in [-0.25, -0.2) is 22.2 Å². The molecular formula is C25H26ClF4N3O4. The van der Waals surface area contributed by atoms with Crippen molar-refractivity contribution < 1.29 is 36.6 Å². The molecule has 0 spiro atoms. The molecule has 0 saturated heterocycles. The van der Waals surface area contributed by atoms with Crippen LogP contribution in [0.3, 0.4) is 0 Å². The predicted octanol–water partition coefficient (Wildman–Crippen LogP) is 6.99. The van der Waals surface area contributed by atoms with Crippen molar-refractivity contribution in [3.05, 3.63) is 64.4 Å².